The van der Waals surface area contributed by atoms with Crippen LogP contribution in [-0.2, 0) is 14.4 Å². The lowest BCUT2D eigenvalue weighted by molar-refractivity contribution is -0.138. The monoisotopic (exact) mass is 493 g/mol. The Kier molecular flexibility index (Phi) is 7.47. The molecule has 2 unspecified atom stereocenters. The quantitative estimate of drug-likeness (QED) is 0.350. The fourth-order valence-electron chi connectivity index (χ4n) is 4.17. The summed E-state index contributed by atoms with van der Waals surface area (Å²) in [5.74, 6) is -1.56. The smallest absolute Gasteiger partial charge is 0.321 e. The molecule has 2 amide bonds. The summed E-state index contributed by atoms with van der Waals surface area (Å²) in [6, 6.07) is 29.1. The molecule has 1 saturated heterocycles. The van der Waals surface area contributed by atoms with E-state index in [0.29, 0.717) is 0 Å². The maximum Gasteiger partial charge on any atom is 0.321 e. The predicted molar refractivity (Wildman–Crippen MR) is 138 cm³/mol. The van der Waals surface area contributed by atoms with Crippen LogP contribution >= 0.6 is 19.0 Å². The number of nitrogens with two attached hydrogens (primary N) is 1. The first-order valence-corrected chi connectivity index (χ1v) is 13.9. The highest BCUT2D eigenvalue weighted by atomic mass is 32.2. The number of nitrogens with zero attached hydrogens (tertiary/aromatic N) is 1. The van der Waals surface area contributed by atoms with E-state index in [0.717, 1.165) is 27.7 Å². The maximum absolute atomic E-state index is 13.4. The van der Waals surface area contributed by atoms with Crippen molar-refractivity contribution in [2.24, 2.45) is 5.73 Å². The molecule has 174 valence electrons. The highest BCUT2D eigenvalue weighted by molar-refractivity contribution is 8.00. The Balaban J connectivity index is 1.76. The lowest BCUT2D eigenvalue weighted by atomic mass is 10.3. The zero-order valence-corrected chi connectivity index (χ0v) is 20.2. The molecule has 0 aromatic heterocycles. The van der Waals surface area contributed by atoms with Gasteiger partial charge in [-0.25, -0.2) is 4.90 Å². The van der Waals surface area contributed by atoms with Crippen LogP contribution in [0.4, 0.5) is 0 Å². The van der Waals surface area contributed by atoms with E-state index in [-0.39, 0.29) is 30.3 Å². The molecule has 0 aliphatic carbocycles. The van der Waals surface area contributed by atoms with Crippen molar-refractivity contribution in [3.05, 3.63) is 91.0 Å². The number of amides is 2. The van der Waals surface area contributed by atoms with Gasteiger partial charge in [0.1, 0.15) is 29.2 Å². The van der Waals surface area contributed by atoms with Crippen molar-refractivity contribution in [2.45, 2.75) is 17.7 Å². The van der Waals surface area contributed by atoms with E-state index < -0.39 is 24.5 Å². The van der Waals surface area contributed by atoms with Crippen LogP contribution in [0.25, 0.3) is 0 Å². The van der Waals surface area contributed by atoms with Gasteiger partial charge in [-0.05, 0) is 36.4 Å². The number of benzene rings is 3. The van der Waals surface area contributed by atoms with Crippen LogP contribution in [0.1, 0.15) is 6.42 Å². The summed E-state index contributed by atoms with van der Waals surface area (Å²) in [6.07, 6.45) is 0.305. The molecule has 1 fully saturated rings. The second kappa shape index (κ2) is 10.5. The average molecular weight is 494 g/mol. The van der Waals surface area contributed by atoms with E-state index in [1.807, 2.05) is 54.6 Å². The minimum Gasteiger partial charge on any atom is -0.480 e. The SMILES string of the molecule is NC(CSC1CC(=O)N(C[P+](c2ccccc2)(c2ccccc2)c2ccccc2)C1=O)C(=O)O. The first kappa shape index (κ1) is 24.1. The van der Waals surface area contributed by atoms with E-state index in [2.05, 4.69) is 36.4 Å². The fraction of sp³-hybridized carbons (Fsp3) is 0.192. The third-order valence-corrected chi connectivity index (χ3v) is 11.5. The number of hydrogen-bond acceptors (Lipinski definition) is 5. The number of carboxylic acids is 1. The molecule has 3 aromatic rings. The third-order valence-electron chi connectivity index (χ3n) is 5.94. The summed E-state index contributed by atoms with van der Waals surface area (Å²) < 4.78 is 0. The molecular weight excluding hydrogens is 467 g/mol. The van der Waals surface area contributed by atoms with Gasteiger partial charge in [0.05, 0.1) is 5.25 Å². The number of carboxylic acid groups (broad SMARTS) is 1. The highest BCUT2D eigenvalue weighted by Crippen LogP contribution is 2.56. The van der Waals surface area contributed by atoms with Crippen molar-refractivity contribution < 1.29 is 19.5 Å². The second-order valence-corrected chi connectivity index (χ2v) is 12.8. The van der Waals surface area contributed by atoms with Gasteiger partial charge in [0.2, 0.25) is 11.8 Å². The van der Waals surface area contributed by atoms with Crippen LogP contribution in [0.3, 0.4) is 0 Å². The number of carbonyl (C=O) groups excluding carboxylic acids is 2. The minimum atomic E-state index is -2.40. The van der Waals surface area contributed by atoms with Crippen LogP contribution < -0.4 is 21.6 Å². The van der Waals surface area contributed by atoms with Crippen LogP contribution in [-0.4, -0.2) is 51.1 Å². The Morgan fingerprint density at radius 1 is 0.912 bits per heavy atom. The van der Waals surface area contributed by atoms with E-state index in [9.17, 15) is 14.4 Å². The summed E-state index contributed by atoms with van der Waals surface area (Å²) in [5.41, 5.74) is 5.61. The Bertz CT molecular complexity index is 1060. The van der Waals surface area contributed by atoms with Gasteiger partial charge in [-0.3, -0.25) is 14.4 Å². The van der Waals surface area contributed by atoms with Crippen LogP contribution in [0.2, 0.25) is 0 Å². The van der Waals surface area contributed by atoms with Gasteiger partial charge in [-0.15, -0.1) is 11.8 Å². The molecule has 6 nitrogen and oxygen atoms in total. The normalized spacial score (nSPS) is 17.1. The molecule has 0 spiro atoms. The summed E-state index contributed by atoms with van der Waals surface area (Å²) in [6.45, 7) is 0. The highest BCUT2D eigenvalue weighted by Gasteiger charge is 2.52. The number of imide groups is 1. The predicted octanol–water partition coefficient (Wildman–Crippen LogP) is 2.21. The molecule has 0 bridgehead atoms. The number of thioether (sulfide) groups is 1. The van der Waals surface area contributed by atoms with Gasteiger partial charge in [0, 0.05) is 12.2 Å². The Hall–Kier alpha value is -2.99. The number of carbonyl (C=O) groups is 3. The zero-order chi connectivity index (χ0) is 24.1. The Labute approximate surface area is 203 Å². The largest absolute Gasteiger partial charge is 0.480 e. The summed E-state index contributed by atoms with van der Waals surface area (Å²) in [7, 11) is -2.40. The molecule has 2 atom stereocenters. The van der Waals surface area contributed by atoms with Crippen LogP contribution in [0.5, 0.6) is 0 Å². The average Bonchev–Trinajstić information content (AvgIpc) is 3.14. The molecule has 3 aromatic carbocycles. The standard InChI is InChI=1S/C26H25N2O4PS/c27-22(26(31)32)17-34-23-16-24(29)28(25(23)30)18-33(19-10-4-1-5-11-19,20-12-6-2-7-13-20)21-14-8-3-9-15-21/h1-15,22-23H,16-18,27H2/p+1. The Morgan fingerprint density at radius 2 is 1.35 bits per heavy atom. The minimum absolute atomic E-state index is 0.0498. The molecule has 1 heterocycles. The maximum atomic E-state index is 13.4. The third kappa shape index (κ3) is 4.78. The van der Waals surface area contributed by atoms with Crippen molar-refractivity contribution in [1.82, 2.24) is 4.90 Å². The van der Waals surface area contributed by atoms with Gasteiger partial charge < -0.3 is 10.8 Å². The summed E-state index contributed by atoms with van der Waals surface area (Å²) >= 11 is 1.14. The number of likely N-dealkylation sites (tertiary alicyclic amines) is 1. The van der Waals surface area contributed by atoms with Crippen molar-refractivity contribution in [1.29, 1.82) is 0 Å². The van der Waals surface area contributed by atoms with Crippen molar-refractivity contribution in [2.75, 3.05) is 12.0 Å². The molecule has 3 N–H and O–H groups in total. The Morgan fingerprint density at radius 3 is 1.76 bits per heavy atom. The van der Waals surface area contributed by atoms with Crippen LogP contribution in [0, 0.1) is 0 Å². The molecule has 1 aliphatic heterocycles. The fourth-order valence-corrected chi connectivity index (χ4v) is 9.44. The first-order valence-electron chi connectivity index (χ1n) is 10.9. The first-order chi connectivity index (χ1) is 16.4. The molecule has 34 heavy (non-hydrogen) atoms. The summed E-state index contributed by atoms with van der Waals surface area (Å²) in [4.78, 5) is 38.9. The van der Waals surface area contributed by atoms with Crippen molar-refractivity contribution in [3.63, 3.8) is 0 Å². The molecule has 0 saturated carbocycles. The molecule has 8 heteroatoms. The van der Waals surface area contributed by atoms with Crippen molar-refractivity contribution in [3.8, 4) is 0 Å². The van der Waals surface area contributed by atoms with E-state index in [4.69, 9.17) is 10.8 Å². The number of aliphatic carboxylic acids is 1. The van der Waals surface area contributed by atoms with Crippen molar-refractivity contribution >= 4 is 52.7 Å². The zero-order valence-electron chi connectivity index (χ0n) is 18.5. The van der Waals surface area contributed by atoms with Crippen LogP contribution in [0.15, 0.2) is 91.0 Å². The lowest BCUT2D eigenvalue weighted by Gasteiger charge is -2.30. The number of hydrogen-bond donors (Lipinski definition) is 2. The second-order valence-electron chi connectivity index (χ2n) is 8.09. The molecule has 4 rings (SSSR count). The van der Waals surface area contributed by atoms with Gasteiger partial charge in [0.25, 0.3) is 0 Å². The molecular formula is C26H26N2O4PS+. The van der Waals surface area contributed by atoms with E-state index in [1.165, 1.54) is 4.90 Å². The molecule has 1 aliphatic rings. The van der Waals surface area contributed by atoms with E-state index >= 15 is 0 Å². The topological polar surface area (TPSA) is 101 Å². The lowest BCUT2D eigenvalue weighted by Crippen LogP contribution is -2.42. The van der Waals surface area contributed by atoms with Gasteiger partial charge in [-0.1, -0.05) is 54.6 Å². The van der Waals surface area contributed by atoms with Gasteiger partial charge in [0.15, 0.2) is 6.29 Å². The summed E-state index contributed by atoms with van der Waals surface area (Å²) in [5, 5.41) is 11.7. The van der Waals surface area contributed by atoms with E-state index in [1.54, 1.807) is 0 Å². The number of rotatable bonds is 9. The van der Waals surface area contributed by atoms with Gasteiger partial charge >= 0.3 is 5.97 Å². The van der Waals surface area contributed by atoms with Gasteiger partial charge in [-0.2, -0.15) is 0 Å². The molecule has 0 radical (unpaired) electrons.